The molecule has 1 aromatic carbocycles. The summed E-state index contributed by atoms with van der Waals surface area (Å²) >= 11 is 4.86. The van der Waals surface area contributed by atoms with Gasteiger partial charge in [-0.1, -0.05) is 30.3 Å². The van der Waals surface area contributed by atoms with Crippen LogP contribution in [0.1, 0.15) is 28.1 Å². The lowest BCUT2D eigenvalue weighted by molar-refractivity contribution is -0.143. The van der Waals surface area contributed by atoms with Gasteiger partial charge in [0.15, 0.2) is 6.04 Å². The highest BCUT2D eigenvalue weighted by atomic mass is 79.9. The first kappa shape index (κ1) is 15.6. The molecule has 0 saturated carbocycles. The van der Waals surface area contributed by atoms with Gasteiger partial charge in [-0.2, -0.15) is 5.06 Å². The smallest absolute Gasteiger partial charge is 0.345 e. The molecule has 2 bridgehead atoms. The first-order valence-electron chi connectivity index (χ1n) is 7.34. The molecule has 0 radical (unpaired) electrons. The number of carboxylic acids is 1. The minimum Gasteiger partial charge on any atom is -0.479 e. The van der Waals surface area contributed by atoms with Crippen LogP contribution < -0.4 is 0 Å². The topological polar surface area (TPSA) is 70.1 Å². The number of hydrogen-bond donors (Lipinski definition) is 1. The Morgan fingerprint density at radius 1 is 1.38 bits per heavy atom. The van der Waals surface area contributed by atoms with Crippen LogP contribution in [0.2, 0.25) is 0 Å². The summed E-state index contributed by atoms with van der Waals surface area (Å²) in [5.41, 5.74) is 1.60. The molecule has 1 N–H and O–H groups in total. The van der Waals surface area contributed by atoms with Gasteiger partial charge in [0.05, 0.1) is 6.54 Å². The highest BCUT2D eigenvalue weighted by Crippen LogP contribution is 2.49. The highest BCUT2D eigenvalue weighted by Gasteiger charge is 2.52. The minimum absolute atomic E-state index is 0.260. The fraction of sp³-hybridized carbons (Fsp3) is 0.250. The summed E-state index contributed by atoms with van der Waals surface area (Å²) in [6, 6.07) is 7.90. The monoisotopic (exact) mass is 408 g/mol. The maximum Gasteiger partial charge on any atom is 0.345 e. The summed E-state index contributed by atoms with van der Waals surface area (Å²) in [7, 11) is 0. The summed E-state index contributed by atoms with van der Waals surface area (Å²) in [4.78, 5) is 32.3. The first-order chi connectivity index (χ1) is 11.6. The molecular weight excluding hydrogens is 396 g/mol. The molecule has 1 fully saturated rings. The predicted octanol–water partition coefficient (Wildman–Crippen LogP) is 3.56. The van der Waals surface area contributed by atoms with E-state index < -0.39 is 18.0 Å². The van der Waals surface area contributed by atoms with Crippen LogP contribution in [0.4, 0.5) is 4.79 Å². The molecule has 24 heavy (non-hydrogen) atoms. The third kappa shape index (κ3) is 2.33. The Labute approximate surface area is 150 Å². The van der Waals surface area contributed by atoms with E-state index in [1.807, 2.05) is 35.7 Å². The Balaban J connectivity index is 1.65. The average Bonchev–Trinajstić information content (AvgIpc) is 3.08. The molecule has 0 spiro atoms. The van der Waals surface area contributed by atoms with E-state index in [0.29, 0.717) is 12.1 Å². The van der Waals surface area contributed by atoms with Crippen molar-refractivity contribution in [1.29, 1.82) is 0 Å². The second kappa shape index (κ2) is 5.87. The lowest BCUT2D eigenvalue weighted by atomic mass is 9.99. The predicted molar refractivity (Wildman–Crippen MR) is 90.3 cm³/mol. The van der Waals surface area contributed by atoms with Gasteiger partial charge in [-0.3, -0.25) is 4.84 Å². The number of urea groups is 1. The number of nitrogens with zero attached hydrogens (tertiary/aromatic N) is 2. The summed E-state index contributed by atoms with van der Waals surface area (Å²) in [6.45, 7) is 0.584. The van der Waals surface area contributed by atoms with Gasteiger partial charge in [-0.15, -0.1) is 11.3 Å². The zero-order valence-corrected chi connectivity index (χ0v) is 14.8. The van der Waals surface area contributed by atoms with E-state index in [1.165, 1.54) is 21.3 Å². The lowest BCUT2D eigenvalue weighted by Gasteiger charge is -2.28. The standard InChI is InChI=1S/C16H13BrN2O4S/c17-10-8-24-14-11-6-18(13(12(10)14)15(20)21)16(22)19(11)23-7-9-4-2-1-3-5-9/h1-5,8,11,13H,6-7H2,(H,20,21)/t11-,13-/m0/s1. The SMILES string of the molecule is O=C(O)[C@@H]1c2c(Br)csc2[C@@H]2CN1C(=O)N2OCc1ccccc1. The number of benzene rings is 1. The van der Waals surface area contributed by atoms with Crippen molar-refractivity contribution in [3.8, 4) is 0 Å². The lowest BCUT2D eigenvalue weighted by Crippen LogP contribution is -2.38. The van der Waals surface area contributed by atoms with E-state index >= 15 is 0 Å². The van der Waals surface area contributed by atoms with Crippen LogP contribution in [0, 0.1) is 0 Å². The number of amides is 2. The maximum absolute atomic E-state index is 12.7. The zero-order chi connectivity index (χ0) is 16.8. The van der Waals surface area contributed by atoms with Gasteiger partial charge in [0.1, 0.15) is 12.6 Å². The van der Waals surface area contributed by atoms with Crippen molar-refractivity contribution in [3.63, 3.8) is 0 Å². The van der Waals surface area contributed by atoms with Crippen molar-refractivity contribution in [2.24, 2.45) is 0 Å². The van der Waals surface area contributed by atoms with E-state index in [-0.39, 0.29) is 12.6 Å². The largest absolute Gasteiger partial charge is 0.479 e. The number of aliphatic carboxylic acids is 1. The van der Waals surface area contributed by atoms with Crippen molar-refractivity contribution >= 4 is 39.3 Å². The molecule has 4 rings (SSSR count). The molecule has 2 amide bonds. The summed E-state index contributed by atoms with van der Waals surface area (Å²) in [5, 5.41) is 12.8. The van der Waals surface area contributed by atoms with Crippen LogP contribution in [0.15, 0.2) is 40.2 Å². The molecular formula is C16H13BrN2O4S. The van der Waals surface area contributed by atoms with Crippen molar-refractivity contribution < 1.29 is 19.5 Å². The van der Waals surface area contributed by atoms with Gasteiger partial charge >= 0.3 is 12.0 Å². The number of hydrogen-bond acceptors (Lipinski definition) is 4. The Morgan fingerprint density at radius 2 is 2.12 bits per heavy atom. The highest BCUT2D eigenvalue weighted by molar-refractivity contribution is 9.10. The molecule has 1 aromatic heterocycles. The van der Waals surface area contributed by atoms with Crippen LogP contribution in [0.25, 0.3) is 0 Å². The Kier molecular flexibility index (Phi) is 3.82. The molecule has 2 aliphatic rings. The second-order valence-corrected chi connectivity index (χ2v) is 7.40. The molecule has 1 saturated heterocycles. The minimum atomic E-state index is -1.04. The van der Waals surface area contributed by atoms with Crippen molar-refractivity contribution in [1.82, 2.24) is 9.96 Å². The van der Waals surface area contributed by atoms with Gasteiger partial charge in [-0.05, 0) is 21.5 Å². The maximum atomic E-state index is 12.7. The molecule has 2 aliphatic heterocycles. The molecule has 124 valence electrons. The van der Waals surface area contributed by atoms with E-state index in [2.05, 4.69) is 15.9 Å². The number of halogens is 1. The van der Waals surface area contributed by atoms with Crippen LogP contribution in [-0.2, 0) is 16.2 Å². The van der Waals surface area contributed by atoms with E-state index in [1.54, 1.807) is 0 Å². The van der Waals surface area contributed by atoms with Gasteiger partial charge in [0, 0.05) is 20.3 Å². The molecule has 2 aromatic rings. The van der Waals surface area contributed by atoms with E-state index in [0.717, 1.165) is 14.9 Å². The third-order valence-corrected chi connectivity index (χ3v) is 6.29. The van der Waals surface area contributed by atoms with Gasteiger partial charge in [0.2, 0.25) is 0 Å². The summed E-state index contributed by atoms with van der Waals surface area (Å²) in [5.74, 6) is -1.04. The van der Waals surface area contributed by atoms with E-state index in [4.69, 9.17) is 4.84 Å². The van der Waals surface area contributed by atoms with Crippen LogP contribution in [-0.4, -0.2) is 33.6 Å². The van der Waals surface area contributed by atoms with Crippen LogP contribution in [0.5, 0.6) is 0 Å². The number of carbonyl (C=O) groups excluding carboxylic acids is 1. The number of thiophene rings is 1. The molecule has 8 heteroatoms. The zero-order valence-electron chi connectivity index (χ0n) is 12.4. The molecule has 6 nitrogen and oxygen atoms in total. The number of fused-ring (bicyclic) bond motifs is 4. The number of carbonyl (C=O) groups is 2. The van der Waals surface area contributed by atoms with Gasteiger partial charge in [-0.25, -0.2) is 9.59 Å². The first-order valence-corrected chi connectivity index (χ1v) is 9.01. The number of hydroxylamine groups is 2. The average molecular weight is 409 g/mol. The fourth-order valence-corrected chi connectivity index (χ4v) is 5.04. The molecule has 0 aliphatic carbocycles. The molecule has 3 heterocycles. The van der Waals surface area contributed by atoms with E-state index in [9.17, 15) is 14.7 Å². The number of rotatable bonds is 4. The third-order valence-electron chi connectivity index (χ3n) is 4.23. The Hall–Kier alpha value is -1.90. The second-order valence-electron chi connectivity index (χ2n) is 5.64. The van der Waals surface area contributed by atoms with Crippen LogP contribution in [0.3, 0.4) is 0 Å². The quantitative estimate of drug-likeness (QED) is 0.839. The summed E-state index contributed by atoms with van der Waals surface area (Å²) < 4.78 is 0.724. The molecule has 0 unspecified atom stereocenters. The Bertz CT molecular complexity index is 810. The Morgan fingerprint density at radius 3 is 2.83 bits per heavy atom. The van der Waals surface area contributed by atoms with Crippen LogP contribution >= 0.6 is 27.3 Å². The van der Waals surface area contributed by atoms with Crippen molar-refractivity contribution in [2.75, 3.05) is 6.54 Å². The number of carboxylic acid groups (broad SMARTS) is 1. The van der Waals surface area contributed by atoms with Crippen molar-refractivity contribution in [3.05, 3.63) is 56.2 Å². The van der Waals surface area contributed by atoms with Crippen molar-refractivity contribution in [2.45, 2.75) is 18.7 Å². The molecule has 2 atom stereocenters. The fourth-order valence-electron chi connectivity index (χ4n) is 3.16. The van der Waals surface area contributed by atoms with Gasteiger partial charge in [0.25, 0.3) is 0 Å². The van der Waals surface area contributed by atoms with Gasteiger partial charge < -0.3 is 10.0 Å². The summed E-state index contributed by atoms with van der Waals surface area (Å²) in [6.07, 6.45) is 0. The normalized spacial score (nSPS) is 22.0.